The number of halogens is 3. The van der Waals surface area contributed by atoms with Gasteiger partial charge in [0.1, 0.15) is 13.1 Å². The fourth-order valence-corrected chi connectivity index (χ4v) is 1.80. The molecule has 0 aromatic heterocycles. The molecule has 0 heterocycles. The van der Waals surface area contributed by atoms with Crippen LogP contribution in [-0.4, -0.2) is 68.1 Å². The number of alkyl halides is 3. The van der Waals surface area contributed by atoms with Gasteiger partial charge < -0.3 is 14.5 Å². The Hall–Kier alpha value is -2.58. The second kappa shape index (κ2) is 7.80. The smallest absolute Gasteiger partial charge is 0.406 e. The van der Waals surface area contributed by atoms with Crippen molar-refractivity contribution in [3.63, 3.8) is 0 Å². The molecule has 0 fully saturated rings. The van der Waals surface area contributed by atoms with Crippen LogP contribution < -0.4 is 0 Å². The fourth-order valence-electron chi connectivity index (χ4n) is 1.80. The molecule has 1 aromatic rings. The van der Waals surface area contributed by atoms with Crippen molar-refractivity contribution in [1.29, 1.82) is 0 Å². The first-order valence-corrected chi connectivity index (χ1v) is 6.79. The molecule has 6 nitrogen and oxygen atoms in total. The number of hydrogen-bond acceptors (Lipinski definition) is 4. The maximum atomic E-state index is 12.7. The summed E-state index contributed by atoms with van der Waals surface area (Å²) in [6.07, 6.45) is -4.66. The maximum Gasteiger partial charge on any atom is 0.406 e. The Morgan fingerprint density at radius 1 is 1.12 bits per heavy atom. The van der Waals surface area contributed by atoms with Crippen molar-refractivity contribution in [2.75, 3.05) is 34.3 Å². The number of carbonyl (C=O) groups is 3. The molecule has 9 heteroatoms. The molecule has 0 radical (unpaired) electrons. The number of nitrogens with zero attached hydrogens (tertiary/aromatic N) is 2. The molecule has 0 spiro atoms. The van der Waals surface area contributed by atoms with E-state index >= 15 is 0 Å². The van der Waals surface area contributed by atoms with E-state index in [1.165, 1.54) is 32.3 Å². The van der Waals surface area contributed by atoms with Crippen molar-refractivity contribution in [3.05, 3.63) is 35.4 Å². The summed E-state index contributed by atoms with van der Waals surface area (Å²) in [5.41, 5.74) is -0.122. The van der Waals surface area contributed by atoms with Crippen molar-refractivity contribution in [1.82, 2.24) is 9.80 Å². The molecule has 24 heavy (non-hydrogen) atoms. The SMILES string of the molecule is COC(=O)c1cccc(C(=O)N(CC(=O)N(C)C)CC(F)(F)F)c1. The molecule has 0 saturated heterocycles. The van der Waals surface area contributed by atoms with E-state index < -0.39 is 37.0 Å². The van der Waals surface area contributed by atoms with E-state index in [0.29, 0.717) is 4.90 Å². The number of likely N-dealkylation sites (N-methyl/N-ethyl adjacent to an activating group) is 1. The third-order valence-corrected chi connectivity index (χ3v) is 3.01. The van der Waals surface area contributed by atoms with Gasteiger partial charge in [0, 0.05) is 19.7 Å². The summed E-state index contributed by atoms with van der Waals surface area (Å²) in [5.74, 6) is -2.39. The van der Waals surface area contributed by atoms with Crippen LogP contribution in [-0.2, 0) is 9.53 Å². The van der Waals surface area contributed by atoms with Crippen molar-refractivity contribution < 1.29 is 32.3 Å². The van der Waals surface area contributed by atoms with Gasteiger partial charge in [-0.2, -0.15) is 13.2 Å². The van der Waals surface area contributed by atoms with Gasteiger partial charge in [-0.3, -0.25) is 9.59 Å². The highest BCUT2D eigenvalue weighted by Gasteiger charge is 2.34. The summed E-state index contributed by atoms with van der Waals surface area (Å²) in [5, 5.41) is 0. The summed E-state index contributed by atoms with van der Waals surface area (Å²) in [4.78, 5) is 37.0. The van der Waals surface area contributed by atoms with E-state index in [-0.39, 0.29) is 11.1 Å². The molecule has 132 valence electrons. The average Bonchev–Trinajstić information content (AvgIpc) is 2.51. The van der Waals surface area contributed by atoms with Gasteiger partial charge in [0.15, 0.2) is 0 Å². The molecule has 1 rings (SSSR count). The van der Waals surface area contributed by atoms with Gasteiger partial charge >= 0.3 is 12.1 Å². The van der Waals surface area contributed by atoms with Crippen LogP contribution in [0.4, 0.5) is 13.2 Å². The molecule has 0 unspecified atom stereocenters. The van der Waals surface area contributed by atoms with Gasteiger partial charge in [-0.25, -0.2) is 4.79 Å². The van der Waals surface area contributed by atoms with Gasteiger partial charge in [0.25, 0.3) is 5.91 Å². The zero-order chi connectivity index (χ0) is 18.5. The lowest BCUT2D eigenvalue weighted by Crippen LogP contribution is -2.44. The topological polar surface area (TPSA) is 66.9 Å². The molecule has 0 aliphatic carbocycles. The minimum Gasteiger partial charge on any atom is -0.465 e. The van der Waals surface area contributed by atoms with Crippen LogP contribution in [0.15, 0.2) is 24.3 Å². The van der Waals surface area contributed by atoms with E-state index in [2.05, 4.69) is 4.74 Å². The van der Waals surface area contributed by atoms with E-state index in [0.717, 1.165) is 18.1 Å². The lowest BCUT2D eigenvalue weighted by molar-refractivity contribution is -0.146. The second-order valence-electron chi connectivity index (χ2n) is 5.14. The van der Waals surface area contributed by atoms with E-state index in [1.807, 2.05) is 0 Å². The zero-order valence-corrected chi connectivity index (χ0v) is 13.4. The van der Waals surface area contributed by atoms with Gasteiger partial charge in [0.2, 0.25) is 5.91 Å². The maximum absolute atomic E-state index is 12.7. The minimum absolute atomic E-state index is 0.0224. The van der Waals surface area contributed by atoms with E-state index in [4.69, 9.17) is 0 Å². The third-order valence-electron chi connectivity index (χ3n) is 3.01. The first-order chi connectivity index (χ1) is 11.0. The summed E-state index contributed by atoms with van der Waals surface area (Å²) in [7, 11) is 3.88. The Balaban J connectivity index is 3.11. The molecule has 0 aliphatic rings. The minimum atomic E-state index is -4.66. The predicted octanol–water partition coefficient (Wildman–Crippen LogP) is 1.57. The number of hydrogen-bond donors (Lipinski definition) is 0. The van der Waals surface area contributed by atoms with Crippen LogP contribution >= 0.6 is 0 Å². The Labute approximate surface area is 136 Å². The lowest BCUT2D eigenvalue weighted by atomic mass is 10.1. The Morgan fingerprint density at radius 2 is 1.71 bits per heavy atom. The monoisotopic (exact) mass is 346 g/mol. The number of methoxy groups -OCH3 is 1. The van der Waals surface area contributed by atoms with Gasteiger partial charge in [-0.1, -0.05) is 6.07 Å². The Morgan fingerprint density at radius 3 is 2.21 bits per heavy atom. The largest absolute Gasteiger partial charge is 0.465 e. The van der Waals surface area contributed by atoms with Crippen molar-refractivity contribution in [2.45, 2.75) is 6.18 Å². The molecule has 2 amide bonds. The number of amides is 2. The normalized spacial score (nSPS) is 10.9. The number of esters is 1. The molecule has 0 atom stereocenters. The quantitative estimate of drug-likeness (QED) is 0.759. The molecule has 0 aliphatic heterocycles. The molecular formula is C15H17F3N2O4. The van der Waals surface area contributed by atoms with Gasteiger partial charge in [-0.15, -0.1) is 0 Å². The Kier molecular flexibility index (Phi) is 6.33. The average molecular weight is 346 g/mol. The van der Waals surface area contributed by atoms with Crippen LogP contribution in [0.25, 0.3) is 0 Å². The van der Waals surface area contributed by atoms with Crippen LogP contribution in [0.2, 0.25) is 0 Å². The summed E-state index contributed by atoms with van der Waals surface area (Å²) in [6, 6.07) is 5.09. The Bertz CT molecular complexity index is 629. The van der Waals surface area contributed by atoms with Crippen molar-refractivity contribution in [2.24, 2.45) is 0 Å². The standard InChI is InChI=1S/C15H17F3N2O4/c1-19(2)12(21)8-20(9-15(16,17)18)13(22)10-5-4-6-11(7-10)14(23)24-3/h4-7H,8-9H2,1-3H3. The third kappa shape index (κ3) is 5.56. The molecule has 0 N–H and O–H groups in total. The summed E-state index contributed by atoms with van der Waals surface area (Å²) < 4.78 is 42.6. The summed E-state index contributed by atoms with van der Waals surface area (Å²) in [6.45, 7) is -2.30. The second-order valence-corrected chi connectivity index (χ2v) is 5.14. The highest BCUT2D eigenvalue weighted by atomic mass is 19.4. The highest BCUT2D eigenvalue weighted by molar-refractivity contribution is 5.99. The first kappa shape index (κ1) is 19.5. The van der Waals surface area contributed by atoms with Gasteiger partial charge in [0.05, 0.1) is 12.7 Å². The number of benzene rings is 1. The fraction of sp³-hybridized carbons (Fsp3) is 0.400. The molecule has 1 aromatic carbocycles. The van der Waals surface area contributed by atoms with Crippen LogP contribution in [0.5, 0.6) is 0 Å². The van der Waals surface area contributed by atoms with Crippen molar-refractivity contribution in [3.8, 4) is 0 Å². The van der Waals surface area contributed by atoms with Crippen LogP contribution in [0, 0.1) is 0 Å². The number of ether oxygens (including phenoxy) is 1. The number of rotatable bonds is 5. The van der Waals surface area contributed by atoms with E-state index in [1.54, 1.807) is 0 Å². The highest BCUT2D eigenvalue weighted by Crippen LogP contribution is 2.19. The van der Waals surface area contributed by atoms with Crippen LogP contribution in [0.1, 0.15) is 20.7 Å². The molecule has 0 saturated carbocycles. The van der Waals surface area contributed by atoms with Crippen LogP contribution in [0.3, 0.4) is 0 Å². The van der Waals surface area contributed by atoms with Gasteiger partial charge in [-0.05, 0) is 18.2 Å². The predicted molar refractivity (Wildman–Crippen MR) is 78.4 cm³/mol. The molecular weight excluding hydrogens is 329 g/mol. The van der Waals surface area contributed by atoms with E-state index in [9.17, 15) is 27.6 Å². The summed E-state index contributed by atoms with van der Waals surface area (Å²) >= 11 is 0. The van der Waals surface area contributed by atoms with Crippen molar-refractivity contribution >= 4 is 17.8 Å². The molecule has 0 bridgehead atoms. The zero-order valence-electron chi connectivity index (χ0n) is 13.4. The lowest BCUT2D eigenvalue weighted by Gasteiger charge is -2.25. The number of carbonyl (C=O) groups excluding carboxylic acids is 3. The first-order valence-electron chi connectivity index (χ1n) is 6.79.